The first kappa shape index (κ1) is 13.6. The summed E-state index contributed by atoms with van der Waals surface area (Å²) in [5.41, 5.74) is 0. The molecule has 0 N–H and O–H groups in total. The van der Waals surface area contributed by atoms with Crippen molar-refractivity contribution in [2.75, 3.05) is 12.4 Å². The molecule has 0 saturated heterocycles. The lowest BCUT2D eigenvalue weighted by Crippen LogP contribution is -2.02. The molecule has 0 unspecified atom stereocenters. The number of nitrogens with zero attached hydrogens (tertiary/aromatic N) is 4. The van der Waals surface area contributed by atoms with Crippen molar-refractivity contribution in [1.82, 2.24) is 20.2 Å². The molecule has 0 aliphatic rings. The van der Waals surface area contributed by atoms with E-state index < -0.39 is 0 Å². The Kier molecular flexibility index (Phi) is 4.85. The normalized spacial score (nSPS) is 10.6. The van der Waals surface area contributed by atoms with E-state index in [0.29, 0.717) is 11.6 Å². The largest absolute Gasteiger partial charge is 0.492 e. The number of benzene rings is 1. The van der Waals surface area contributed by atoms with Gasteiger partial charge in [-0.15, -0.1) is 5.10 Å². The Morgan fingerprint density at radius 3 is 3.00 bits per heavy atom. The summed E-state index contributed by atoms with van der Waals surface area (Å²) in [6.07, 6.45) is 0. The fourth-order valence-corrected chi connectivity index (χ4v) is 2.68. The molecule has 8 heteroatoms. The molecule has 0 bridgehead atoms. The number of halogens is 2. The van der Waals surface area contributed by atoms with E-state index in [4.69, 9.17) is 16.3 Å². The van der Waals surface area contributed by atoms with Crippen molar-refractivity contribution in [3.8, 4) is 5.75 Å². The van der Waals surface area contributed by atoms with Crippen molar-refractivity contribution in [2.24, 2.45) is 7.05 Å². The third-order valence-electron chi connectivity index (χ3n) is 2.05. The van der Waals surface area contributed by atoms with Gasteiger partial charge in [-0.3, -0.25) is 0 Å². The Balaban J connectivity index is 1.80. The summed E-state index contributed by atoms with van der Waals surface area (Å²) in [7, 11) is 1.80. The molecule has 0 radical (unpaired) electrons. The fraction of sp³-hybridized carbons (Fsp3) is 0.300. The fourth-order valence-electron chi connectivity index (χ4n) is 1.22. The van der Waals surface area contributed by atoms with E-state index >= 15 is 0 Å². The van der Waals surface area contributed by atoms with Crippen LogP contribution in [0.2, 0.25) is 5.02 Å². The summed E-state index contributed by atoms with van der Waals surface area (Å²) in [5.74, 6) is 1.54. The minimum absolute atomic E-state index is 0.567. The third kappa shape index (κ3) is 3.60. The summed E-state index contributed by atoms with van der Waals surface area (Å²) >= 11 is 10.8. The molecule has 0 aliphatic carbocycles. The lowest BCUT2D eigenvalue weighted by molar-refractivity contribution is 0.341. The second-order valence-electron chi connectivity index (χ2n) is 3.36. The zero-order chi connectivity index (χ0) is 13.0. The minimum Gasteiger partial charge on any atom is -0.492 e. The van der Waals surface area contributed by atoms with Crippen molar-refractivity contribution in [3.63, 3.8) is 0 Å². The second kappa shape index (κ2) is 6.40. The van der Waals surface area contributed by atoms with Crippen LogP contribution in [-0.4, -0.2) is 32.6 Å². The molecule has 1 heterocycles. The third-order valence-corrected chi connectivity index (χ3v) is 3.88. The highest BCUT2D eigenvalue weighted by Gasteiger charge is 2.04. The first-order valence-corrected chi connectivity index (χ1v) is 7.25. The first-order chi connectivity index (χ1) is 8.66. The topological polar surface area (TPSA) is 52.8 Å². The maximum absolute atomic E-state index is 5.85. The van der Waals surface area contributed by atoms with E-state index in [2.05, 4.69) is 31.5 Å². The van der Waals surface area contributed by atoms with Gasteiger partial charge in [-0.25, -0.2) is 4.68 Å². The molecule has 0 spiro atoms. The number of tetrazole rings is 1. The van der Waals surface area contributed by atoms with Crippen LogP contribution in [-0.2, 0) is 7.05 Å². The molecule has 5 nitrogen and oxygen atoms in total. The van der Waals surface area contributed by atoms with Crippen LogP contribution >= 0.6 is 39.3 Å². The SMILES string of the molecule is Cn1nnnc1SCCOc1ccc(Cl)cc1Br. The smallest absolute Gasteiger partial charge is 0.209 e. The van der Waals surface area contributed by atoms with Gasteiger partial charge in [0.2, 0.25) is 5.16 Å². The summed E-state index contributed by atoms with van der Waals surface area (Å²) in [4.78, 5) is 0. The molecular weight excluding hydrogens is 340 g/mol. The maximum Gasteiger partial charge on any atom is 0.209 e. The van der Waals surface area contributed by atoms with Gasteiger partial charge in [0.1, 0.15) is 5.75 Å². The van der Waals surface area contributed by atoms with Gasteiger partial charge in [-0.05, 0) is 44.6 Å². The van der Waals surface area contributed by atoms with Gasteiger partial charge < -0.3 is 4.74 Å². The molecule has 0 fully saturated rings. The van der Waals surface area contributed by atoms with E-state index in [1.165, 1.54) is 0 Å². The van der Waals surface area contributed by atoms with Crippen molar-refractivity contribution >= 4 is 39.3 Å². The molecule has 18 heavy (non-hydrogen) atoms. The zero-order valence-corrected chi connectivity index (χ0v) is 12.7. The number of aromatic nitrogens is 4. The lowest BCUT2D eigenvalue weighted by atomic mass is 10.3. The highest BCUT2D eigenvalue weighted by molar-refractivity contribution is 9.10. The van der Waals surface area contributed by atoms with Crippen molar-refractivity contribution in [3.05, 3.63) is 27.7 Å². The van der Waals surface area contributed by atoms with Crippen LogP contribution in [0.1, 0.15) is 0 Å². The zero-order valence-electron chi connectivity index (χ0n) is 9.51. The molecule has 0 atom stereocenters. The number of aryl methyl sites for hydroxylation is 1. The van der Waals surface area contributed by atoms with Crippen molar-refractivity contribution in [2.45, 2.75) is 5.16 Å². The monoisotopic (exact) mass is 348 g/mol. The highest BCUT2D eigenvalue weighted by atomic mass is 79.9. The summed E-state index contributed by atoms with van der Waals surface area (Å²) in [6.45, 7) is 0.567. The number of thioether (sulfide) groups is 1. The average Bonchev–Trinajstić information content (AvgIpc) is 2.73. The van der Waals surface area contributed by atoms with E-state index in [-0.39, 0.29) is 0 Å². The molecule has 1 aromatic carbocycles. The van der Waals surface area contributed by atoms with E-state index in [9.17, 15) is 0 Å². The van der Waals surface area contributed by atoms with Gasteiger partial charge in [0.25, 0.3) is 0 Å². The highest BCUT2D eigenvalue weighted by Crippen LogP contribution is 2.28. The predicted octanol–water partition coefficient (Wildman–Crippen LogP) is 2.80. The van der Waals surface area contributed by atoms with E-state index in [1.807, 2.05) is 6.07 Å². The van der Waals surface area contributed by atoms with Gasteiger partial charge in [-0.1, -0.05) is 23.4 Å². The van der Waals surface area contributed by atoms with Crippen molar-refractivity contribution in [1.29, 1.82) is 0 Å². The molecule has 0 amide bonds. The number of hydrogen-bond acceptors (Lipinski definition) is 5. The predicted molar refractivity (Wildman–Crippen MR) is 74.2 cm³/mol. The average molecular weight is 350 g/mol. The van der Waals surface area contributed by atoms with Gasteiger partial charge >= 0.3 is 0 Å². The molecule has 2 aromatic rings. The Labute approximate surface area is 122 Å². The van der Waals surface area contributed by atoms with Crippen LogP contribution in [0.15, 0.2) is 27.8 Å². The molecule has 1 aromatic heterocycles. The minimum atomic E-state index is 0.567. The van der Waals surface area contributed by atoms with Crippen LogP contribution < -0.4 is 4.74 Å². The Hall–Kier alpha value is -0.790. The quantitative estimate of drug-likeness (QED) is 0.614. The standard InChI is InChI=1S/C10H10BrClN4OS/c1-16-10(13-14-15-16)18-5-4-17-9-3-2-7(12)6-8(9)11/h2-3,6H,4-5H2,1H3. The summed E-state index contributed by atoms with van der Waals surface area (Å²) in [6, 6.07) is 5.43. The van der Waals surface area contributed by atoms with E-state index in [1.54, 1.807) is 35.6 Å². The van der Waals surface area contributed by atoms with Gasteiger partial charge in [0, 0.05) is 17.8 Å². The van der Waals surface area contributed by atoms with E-state index in [0.717, 1.165) is 21.1 Å². The Morgan fingerprint density at radius 2 is 2.33 bits per heavy atom. The van der Waals surface area contributed by atoms with Crippen molar-refractivity contribution < 1.29 is 4.74 Å². The van der Waals surface area contributed by atoms with Gasteiger partial charge in [-0.2, -0.15) is 0 Å². The van der Waals surface area contributed by atoms with Crippen LogP contribution in [0.25, 0.3) is 0 Å². The Bertz CT molecular complexity index is 536. The maximum atomic E-state index is 5.85. The molecule has 96 valence electrons. The summed E-state index contributed by atoms with van der Waals surface area (Å²) < 4.78 is 8.10. The van der Waals surface area contributed by atoms with Crippen LogP contribution in [0.4, 0.5) is 0 Å². The van der Waals surface area contributed by atoms with Crippen LogP contribution in [0, 0.1) is 0 Å². The first-order valence-electron chi connectivity index (χ1n) is 5.10. The molecule has 0 saturated carbocycles. The Morgan fingerprint density at radius 1 is 1.50 bits per heavy atom. The molecule has 0 aliphatic heterocycles. The molecule has 2 rings (SSSR count). The summed E-state index contributed by atoms with van der Waals surface area (Å²) in [5, 5.41) is 12.6. The van der Waals surface area contributed by atoms with Crippen LogP contribution in [0.5, 0.6) is 5.75 Å². The number of hydrogen-bond donors (Lipinski definition) is 0. The van der Waals surface area contributed by atoms with Gasteiger partial charge in [0.15, 0.2) is 0 Å². The molecular formula is C10H10BrClN4OS. The second-order valence-corrected chi connectivity index (χ2v) is 5.71. The number of rotatable bonds is 5. The van der Waals surface area contributed by atoms with Gasteiger partial charge in [0.05, 0.1) is 11.1 Å². The number of ether oxygens (including phenoxy) is 1. The lowest BCUT2D eigenvalue weighted by Gasteiger charge is -2.07. The van der Waals surface area contributed by atoms with Crippen LogP contribution in [0.3, 0.4) is 0 Å².